The van der Waals surface area contributed by atoms with Crippen LogP contribution in [0.5, 0.6) is 23.0 Å². The molecule has 0 amide bonds. The van der Waals surface area contributed by atoms with Gasteiger partial charge in [-0.25, -0.2) is 0 Å². The van der Waals surface area contributed by atoms with E-state index in [-0.39, 0.29) is 11.8 Å². The van der Waals surface area contributed by atoms with Crippen LogP contribution in [0.2, 0.25) is 18.1 Å². The molecule has 2 aliphatic heterocycles. The Kier molecular flexibility index (Phi) is 7.18. The quantitative estimate of drug-likeness (QED) is 0.368. The summed E-state index contributed by atoms with van der Waals surface area (Å²) in [6.07, 6.45) is -1.90. The van der Waals surface area contributed by atoms with Gasteiger partial charge in [0.25, 0.3) is 0 Å². The van der Waals surface area contributed by atoms with E-state index in [4.69, 9.17) is 28.1 Å². The molecule has 0 aliphatic carbocycles. The zero-order valence-corrected chi connectivity index (χ0v) is 23.2. The topological polar surface area (TPSA) is 110 Å². The van der Waals surface area contributed by atoms with Crippen molar-refractivity contribution in [2.24, 2.45) is 11.8 Å². The number of carbonyl (C=O) groups excluding carboxylic acids is 1. The Balaban J connectivity index is 1.80. The molecule has 0 spiro atoms. The number of rotatable bonds is 8. The van der Waals surface area contributed by atoms with Crippen molar-refractivity contribution in [3.05, 3.63) is 47.5 Å². The van der Waals surface area contributed by atoms with E-state index in [0.29, 0.717) is 34.1 Å². The van der Waals surface area contributed by atoms with Crippen LogP contribution < -0.4 is 18.9 Å². The van der Waals surface area contributed by atoms with Crippen molar-refractivity contribution < 1.29 is 42.8 Å². The highest BCUT2D eigenvalue weighted by molar-refractivity contribution is 6.74. The molecule has 2 heterocycles. The predicted molar refractivity (Wildman–Crippen MR) is 137 cm³/mol. The fourth-order valence-electron chi connectivity index (χ4n) is 4.45. The van der Waals surface area contributed by atoms with E-state index in [1.54, 1.807) is 36.4 Å². The highest BCUT2D eigenvalue weighted by Crippen LogP contribution is 2.51. The van der Waals surface area contributed by atoms with Crippen LogP contribution in [0.3, 0.4) is 0 Å². The first kappa shape index (κ1) is 26.8. The second kappa shape index (κ2) is 9.90. The van der Waals surface area contributed by atoms with Gasteiger partial charge in [0.2, 0.25) is 6.79 Å². The second-order valence-corrected chi connectivity index (χ2v) is 15.5. The van der Waals surface area contributed by atoms with Crippen LogP contribution in [0.25, 0.3) is 0 Å². The van der Waals surface area contributed by atoms with E-state index in [1.807, 2.05) is 0 Å². The van der Waals surface area contributed by atoms with Crippen molar-refractivity contribution in [2.75, 3.05) is 21.0 Å². The lowest BCUT2D eigenvalue weighted by Crippen LogP contribution is -2.45. The molecule has 1 N–H and O–H groups in total. The summed E-state index contributed by atoms with van der Waals surface area (Å²) in [5.74, 6) is -2.07. The van der Waals surface area contributed by atoms with Crippen molar-refractivity contribution in [2.45, 2.75) is 51.1 Å². The molecule has 0 bridgehead atoms. The zero-order chi connectivity index (χ0) is 27.1. The molecule has 37 heavy (non-hydrogen) atoms. The van der Waals surface area contributed by atoms with E-state index >= 15 is 0 Å². The monoisotopic (exact) mass is 530 g/mol. The van der Waals surface area contributed by atoms with E-state index < -0.39 is 44.3 Å². The lowest BCUT2D eigenvalue weighted by Gasteiger charge is -2.41. The summed E-state index contributed by atoms with van der Waals surface area (Å²) < 4.78 is 34.3. The SMILES string of the molecule is COc1ccc([C@H]2OC(=O)[C@H]([C@@H](O[Si](C)(C)C(C)(C)C)c3ccc4c(c3)OCO4)[C@@H]2C(=O)O)cc1OC. The summed E-state index contributed by atoms with van der Waals surface area (Å²) in [5, 5.41) is 10.2. The minimum Gasteiger partial charge on any atom is -0.493 e. The number of cyclic esters (lactones) is 1. The Morgan fingerprint density at radius 1 is 1.03 bits per heavy atom. The van der Waals surface area contributed by atoms with Gasteiger partial charge >= 0.3 is 11.9 Å². The molecule has 0 saturated carbocycles. The smallest absolute Gasteiger partial charge is 0.313 e. The van der Waals surface area contributed by atoms with Crippen LogP contribution in [0.15, 0.2) is 36.4 Å². The lowest BCUT2D eigenvalue weighted by molar-refractivity contribution is -0.148. The van der Waals surface area contributed by atoms with Crippen molar-refractivity contribution in [3.63, 3.8) is 0 Å². The van der Waals surface area contributed by atoms with E-state index in [0.717, 1.165) is 0 Å². The van der Waals surface area contributed by atoms with Gasteiger partial charge in [-0.3, -0.25) is 9.59 Å². The van der Waals surface area contributed by atoms with Gasteiger partial charge < -0.3 is 33.2 Å². The summed E-state index contributed by atoms with van der Waals surface area (Å²) in [6.45, 7) is 10.5. The molecule has 0 radical (unpaired) electrons. The number of fused-ring (bicyclic) bond motifs is 1. The van der Waals surface area contributed by atoms with Crippen LogP contribution in [0, 0.1) is 11.8 Å². The summed E-state index contributed by atoms with van der Waals surface area (Å²) in [7, 11) is 0.524. The van der Waals surface area contributed by atoms with Gasteiger partial charge in [0.05, 0.1) is 20.3 Å². The number of methoxy groups -OCH3 is 2. The maximum atomic E-state index is 13.5. The minimum atomic E-state index is -2.48. The van der Waals surface area contributed by atoms with Crippen molar-refractivity contribution in [3.8, 4) is 23.0 Å². The molecule has 2 aromatic carbocycles. The van der Waals surface area contributed by atoms with Gasteiger partial charge in [0.15, 0.2) is 31.3 Å². The number of hydrogen-bond donors (Lipinski definition) is 1. The third-order valence-corrected chi connectivity index (χ3v) is 12.0. The molecule has 4 rings (SSSR count). The predicted octanol–water partition coefficient (Wildman–Crippen LogP) is 5.11. The molecule has 2 aliphatic rings. The van der Waals surface area contributed by atoms with Gasteiger partial charge in [-0.05, 0) is 53.5 Å². The molecule has 10 heteroatoms. The van der Waals surface area contributed by atoms with Gasteiger partial charge in [0.1, 0.15) is 17.9 Å². The van der Waals surface area contributed by atoms with Gasteiger partial charge in [-0.15, -0.1) is 0 Å². The van der Waals surface area contributed by atoms with Crippen LogP contribution in [-0.2, 0) is 18.8 Å². The first-order valence-electron chi connectivity index (χ1n) is 12.1. The van der Waals surface area contributed by atoms with Crippen LogP contribution in [0.4, 0.5) is 0 Å². The summed E-state index contributed by atoms with van der Waals surface area (Å²) in [4.78, 5) is 26.2. The largest absolute Gasteiger partial charge is 0.493 e. The normalized spacial score (nSPS) is 21.9. The molecule has 1 saturated heterocycles. The minimum absolute atomic E-state index is 0.0944. The van der Waals surface area contributed by atoms with Gasteiger partial charge in [-0.1, -0.05) is 32.9 Å². The van der Waals surface area contributed by atoms with E-state index in [1.165, 1.54) is 14.2 Å². The average Bonchev–Trinajstić information content (AvgIpc) is 3.45. The molecule has 200 valence electrons. The molecular formula is C27H34O9Si. The third-order valence-electron chi connectivity index (χ3n) is 7.53. The Morgan fingerprint density at radius 3 is 2.32 bits per heavy atom. The number of carbonyl (C=O) groups is 2. The van der Waals surface area contributed by atoms with Gasteiger partial charge in [0, 0.05) is 0 Å². The molecule has 1 fully saturated rings. The van der Waals surface area contributed by atoms with Crippen LogP contribution in [0.1, 0.15) is 44.1 Å². The van der Waals surface area contributed by atoms with Crippen molar-refractivity contribution >= 4 is 20.3 Å². The number of esters is 1. The third kappa shape index (κ3) is 5.00. The highest BCUT2D eigenvalue weighted by atomic mass is 28.4. The molecular weight excluding hydrogens is 496 g/mol. The molecule has 0 aromatic heterocycles. The maximum Gasteiger partial charge on any atom is 0.313 e. The zero-order valence-electron chi connectivity index (χ0n) is 22.2. The number of carboxylic acids is 1. The number of ether oxygens (including phenoxy) is 5. The van der Waals surface area contributed by atoms with Crippen LogP contribution >= 0.6 is 0 Å². The van der Waals surface area contributed by atoms with Gasteiger partial charge in [-0.2, -0.15) is 0 Å². The Morgan fingerprint density at radius 2 is 1.70 bits per heavy atom. The second-order valence-electron chi connectivity index (χ2n) is 10.8. The Labute approximate surface area is 217 Å². The molecule has 9 nitrogen and oxygen atoms in total. The van der Waals surface area contributed by atoms with Crippen molar-refractivity contribution in [1.29, 1.82) is 0 Å². The first-order valence-corrected chi connectivity index (χ1v) is 15.0. The summed E-state index contributed by atoms with van der Waals surface area (Å²) in [5.41, 5.74) is 1.13. The molecule has 4 atom stereocenters. The fourth-order valence-corrected chi connectivity index (χ4v) is 5.72. The first-order chi connectivity index (χ1) is 17.4. The summed E-state index contributed by atoms with van der Waals surface area (Å²) >= 11 is 0. The van der Waals surface area contributed by atoms with E-state index in [2.05, 4.69) is 33.9 Å². The maximum absolute atomic E-state index is 13.5. The van der Waals surface area contributed by atoms with Crippen LogP contribution in [-0.4, -0.2) is 46.4 Å². The summed E-state index contributed by atoms with van der Waals surface area (Å²) in [6, 6.07) is 10.3. The number of hydrogen-bond acceptors (Lipinski definition) is 8. The van der Waals surface area contributed by atoms with Crippen molar-refractivity contribution in [1.82, 2.24) is 0 Å². The highest BCUT2D eigenvalue weighted by Gasteiger charge is 2.55. The lowest BCUT2D eigenvalue weighted by atomic mass is 9.81. The number of aliphatic carboxylic acids is 1. The van der Waals surface area contributed by atoms with E-state index in [9.17, 15) is 14.7 Å². The average molecular weight is 531 g/mol. The number of carboxylic acid groups (broad SMARTS) is 1. The Hall–Kier alpha value is -3.24. The molecule has 0 unspecified atom stereocenters. The Bertz CT molecular complexity index is 1190. The fraction of sp³-hybridized carbons (Fsp3) is 0.481. The number of benzene rings is 2. The molecule has 2 aromatic rings. The standard InChI is InChI=1S/C27H34O9Si/c1-27(2,3)37(6,7)36-24(16-9-11-18-20(13-16)34-14-33-18)22-21(25(28)29)23(35-26(22)30)15-8-10-17(31-4)19(12-15)32-5/h8-13,21-24H,14H2,1-7H3,(H,28,29)/t21-,22-,23+,24-/m0/s1.